The zero-order chi connectivity index (χ0) is 14.4. The number of likely N-dealkylation sites (N-methyl/N-ethyl adjacent to an activating group) is 1. The number of carboxylic acids is 1. The first-order valence-corrected chi connectivity index (χ1v) is 5.98. The minimum atomic E-state index is -1.02. The molecule has 1 rings (SSSR count). The first-order valence-electron chi connectivity index (χ1n) is 5.98. The number of aliphatic carboxylic acids is 1. The highest BCUT2D eigenvalue weighted by atomic mass is 16.4. The number of nitrogens with zero attached hydrogens (tertiary/aromatic N) is 3. The summed E-state index contributed by atoms with van der Waals surface area (Å²) in [7, 11) is 3.74. The van der Waals surface area contributed by atoms with E-state index in [9.17, 15) is 9.59 Å². The van der Waals surface area contributed by atoms with Crippen LogP contribution >= 0.6 is 0 Å². The standard InChI is InChI=1S/C13H19N3O3/c1-10-4-5-11(8-14-10)13(19)16(9-12(17)18)7-6-15(2)3/h4-5,8H,6-7,9H2,1-3H3,(H,17,18). The number of aryl methyl sites for hydroxylation is 1. The molecule has 0 aliphatic carbocycles. The van der Waals surface area contributed by atoms with Crippen LogP contribution in [0, 0.1) is 6.92 Å². The van der Waals surface area contributed by atoms with Crippen LogP contribution in [-0.2, 0) is 4.79 Å². The predicted octanol–water partition coefficient (Wildman–Crippen LogP) is 0.478. The van der Waals surface area contributed by atoms with Gasteiger partial charge in [0.2, 0.25) is 0 Å². The number of pyridine rings is 1. The van der Waals surface area contributed by atoms with Crippen molar-refractivity contribution >= 4 is 11.9 Å². The first kappa shape index (κ1) is 15.1. The number of carbonyl (C=O) groups excluding carboxylic acids is 1. The van der Waals surface area contributed by atoms with E-state index in [4.69, 9.17) is 5.11 Å². The van der Waals surface area contributed by atoms with Crippen LogP contribution in [0.25, 0.3) is 0 Å². The van der Waals surface area contributed by atoms with Gasteiger partial charge < -0.3 is 14.9 Å². The summed E-state index contributed by atoms with van der Waals surface area (Å²) < 4.78 is 0. The summed E-state index contributed by atoms with van der Waals surface area (Å²) in [5.74, 6) is -1.33. The van der Waals surface area contributed by atoms with Gasteiger partial charge in [0.25, 0.3) is 5.91 Å². The fourth-order valence-electron chi connectivity index (χ4n) is 1.51. The van der Waals surface area contributed by atoms with Gasteiger partial charge in [-0.1, -0.05) is 0 Å². The Morgan fingerprint density at radius 3 is 2.42 bits per heavy atom. The molecule has 0 atom stereocenters. The van der Waals surface area contributed by atoms with E-state index in [-0.39, 0.29) is 12.5 Å². The van der Waals surface area contributed by atoms with Crippen LogP contribution < -0.4 is 0 Å². The van der Waals surface area contributed by atoms with E-state index >= 15 is 0 Å². The molecular formula is C13H19N3O3. The quantitative estimate of drug-likeness (QED) is 0.809. The number of aromatic nitrogens is 1. The third kappa shape index (κ3) is 5.05. The zero-order valence-corrected chi connectivity index (χ0v) is 11.5. The van der Waals surface area contributed by atoms with Crippen LogP contribution in [0.5, 0.6) is 0 Å². The van der Waals surface area contributed by atoms with Crippen molar-refractivity contribution in [1.82, 2.24) is 14.8 Å². The van der Waals surface area contributed by atoms with Crippen LogP contribution in [0.1, 0.15) is 16.1 Å². The number of hydrogen-bond donors (Lipinski definition) is 1. The van der Waals surface area contributed by atoms with Gasteiger partial charge in [-0.25, -0.2) is 0 Å². The van der Waals surface area contributed by atoms with Crippen molar-refractivity contribution in [3.63, 3.8) is 0 Å². The molecule has 0 saturated carbocycles. The first-order chi connectivity index (χ1) is 8.90. The highest BCUT2D eigenvalue weighted by Gasteiger charge is 2.18. The highest BCUT2D eigenvalue weighted by Crippen LogP contribution is 2.05. The van der Waals surface area contributed by atoms with E-state index in [1.807, 2.05) is 25.9 Å². The van der Waals surface area contributed by atoms with E-state index in [0.29, 0.717) is 18.7 Å². The average Bonchev–Trinajstić information content (AvgIpc) is 2.34. The van der Waals surface area contributed by atoms with Crippen molar-refractivity contribution in [2.45, 2.75) is 6.92 Å². The van der Waals surface area contributed by atoms with Crippen LogP contribution in [0.2, 0.25) is 0 Å². The minimum absolute atomic E-state index is 0.305. The van der Waals surface area contributed by atoms with Gasteiger partial charge >= 0.3 is 5.97 Å². The number of carbonyl (C=O) groups is 2. The van der Waals surface area contributed by atoms with E-state index < -0.39 is 5.97 Å². The molecule has 0 saturated heterocycles. The van der Waals surface area contributed by atoms with Crippen molar-refractivity contribution in [3.05, 3.63) is 29.6 Å². The smallest absolute Gasteiger partial charge is 0.323 e. The third-order valence-electron chi connectivity index (χ3n) is 2.59. The van der Waals surface area contributed by atoms with Crippen molar-refractivity contribution < 1.29 is 14.7 Å². The van der Waals surface area contributed by atoms with Crippen LogP contribution in [0.4, 0.5) is 0 Å². The zero-order valence-electron chi connectivity index (χ0n) is 11.5. The molecule has 1 N–H and O–H groups in total. The lowest BCUT2D eigenvalue weighted by molar-refractivity contribution is -0.137. The maximum absolute atomic E-state index is 12.2. The van der Waals surface area contributed by atoms with Crippen molar-refractivity contribution in [2.24, 2.45) is 0 Å². The lowest BCUT2D eigenvalue weighted by Crippen LogP contribution is -2.40. The van der Waals surface area contributed by atoms with Gasteiger partial charge in [0.1, 0.15) is 6.54 Å². The molecule has 1 aromatic rings. The highest BCUT2D eigenvalue weighted by molar-refractivity contribution is 5.95. The maximum Gasteiger partial charge on any atom is 0.323 e. The van der Waals surface area contributed by atoms with Gasteiger partial charge in [-0.15, -0.1) is 0 Å². The Kier molecular flexibility index (Phi) is 5.44. The molecular weight excluding hydrogens is 246 g/mol. The van der Waals surface area contributed by atoms with E-state index in [2.05, 4.69) is 4.98 Å². The van der Waals surface area contributed by atoms with Crippen molar-refractivity contribution in [2.75, 3.05) is 33.7 Å². The molecule has 1 aromatic heterocycles. The Morgan fingerprint density at radius 2 is 1.95 bits per heavy atom. The van der Waals surface area contributed by atoms with Crippen molar-refractivity contribution in [3.8, 4) is 0 Å². The summed E-state index contributed by atoms with van der Waals surface area (Å²) in [6, 6.07) is 3.40. The molecule has 6 heteroatoms. The van der Waals surface area contributed by atoms with Crippen molar-refractivity contribution in [1.29, 1.82) is 0 Å². The van der Waals surface area contributed by atoms with Gasteiger partial charge in [-0.2, -0.15) is 0 Å². The molecule has 1 heterocycles. The molecule has 0 fully saturated rings. The molecule has 0 unspecified atom stereocenters. The summed E-state index contributed by atoms with van der Waals surface area (Å²) in [5.41, 5.74) is 1.22. The fraction of sp³-hybridized carbons (Fsp3) is 0.462. The Labute approximate surface area is 112 Å². The van der Waals surface area contributed by atoms with Gasteiger partial charge in [0.15, 0.2) is 0 Å². The number of rotatable bonds is 6. The molecule has 0 aliphatic heterocycles. The third-order valence-corrected chi connectivity index (χ3v) is 2.59. The fourth-order valence-corrected chi connectivity index (χ4v) is 1.51. The maximum atomic E-state index is 12.2. The monoisotopic (exact) mass is 265 g/mol. The largest absolute Gasteiger partial charge is 0.480 e. The molecule has 104 valence electrons. The molecule has 0 aliphatic rings. The van der Waals surface area contributed by atoms with E-state index in [1.165, 1.54) is 11.1 Å². The van der Waals surface area contributed by atoms with Gasteiger partial charge in [-0.3, -0.25) is 14.6 Å². The predicted molar refractivity (Wildman–Crippen MR) is 71.1 cm³/mol. The normalized spacial score (nSPS) is 10.5. The number of amides is 1. The minimum Gasteiger partial charge on any atom is -0.480 e. The molecule has 19 heavy (non-hydrogen) atoms. The second-order valence-electron chi connectivity index (χ2n) is 4.61. The SMILES string of the molecule is Cc1ccc(C(=O)N(CCN(C)C)CC(=O)O)cn1. The Hall–Kier alpha value is -1.95. The summed E-state index contributed by atoms with van der Waals surface area (Å²) >= 11 is 0. The Balaban J connectivity index is 2.80. The number of hydrogen-bond acceptors (Lipinski definition) is 4. The summed E-state index contributed by atoms with van der Waals surface area (Å²) in [5, 5.41) is 8.87. The van der Waals surface area contributed by atoms with Crippen LogP contribution in [0.3, 0.4) is 0 Å². The van der Waals surface area contributed by atoms with Gasteiger partial charge in [-0.05, 0) is 33.2 Å². The topological polar surface area (TPSA) is 73.7 Å². The molecule has 1 amide bonds. The summed E-state index contributed by atoms with van der Waals surface area (Å²) in [4.78, 5) is 30.3. The molecule has 0 radical (unpaired) electrons. The molecule has 0 spiro atoms. The lowest BCUT2D eigenvalue weighted by atomic mass is 10.2. The second kappa shape index (κ2) is 6.84. The van der Waals surface area contributed by atoms with Crippen LogP contribution in [-0.4, -0.2) is 65.5 Å². The molecule has 0 aromatic carbocycles. The van der Waals surface area contributed by atoms with E-state index in [0.717, 1.165) is 5.69 Å². The lowest BCUT2D eigenvalue weighted by Gasteiger charge is -2.22. The van der Waals surface area contributed by atoms with Gasteiger partial charge in [0.05, 0.1) is 5.56 Å². The Bertz CT molecular complexity index is 443. The average molecular weight is 265 g/mol. The van der Waals surface area contributed by atoms with E-state index in [1.54, 1.807) is 12.1 Å². The van der Waals surface area contributed by atoms with Crippen LogP contribution in [0.15, 0.2) is 18.3 Å². The second-order valence-corrected chi connectivity index (χ2v) is 4.61. The summed E-state index contributed by atoms with van der Waals surface area (Å²) in [6.45, 7) is 2.50. The summed E-state index contributed by atoms with van der Waals surface area (Å²) in [6.07, 6.45) is 1.47. The molecule has 0 bridgehead atoms. The van der Waals surface area contributed by atoms with Gasteiger partial charge in [0, 0.05) is 25.0 Å². The molecule has 6 nitrogen and oxygen atoms in total. The number of carboxylic acid groups (broad SMARTS) is 1. The Morgan fingerprint density at radius 1 is 1.26 bits per heavy atom.